The summed E-state index contributed by atoms with van der Waals surface area (Å²) in [6.45, 7) is 5.46. The van der Waals surface area contributed by atoms with Crippen LogP contribution in [-0.4, -0.2) is 26.3 Å². The van der Waals surface area contributed by atoms with Crippen LogP contribution in [-0.2, 0) is 0 Å². The van der Waals surface area contributed by atoms with Crippen molar-refractivity contribution in [2.45, 2.75) is 25.7 Å². The molecular weight excluding hydrogens is 250 g/mol. The molecule has 18 heavy (non-hydrogen) atoms. The van der Waals surface area contributed by atoms with Gasteiger partial charge in [-0.25, -0.2) is 0 Å². The molecule has 1 saturated heterocycles. The second-order valence-electron chi connectivity index (χ2n) is 4.95. The summed E-state index contributed by atoms with van der Waals surface area (Å²) in [6.07, 6.45) is 2.28. The van der Waals surface area contributed by atoms with E-state index in [1.807, 2.05) is 6.07 Å². The molecule has 4 heteroatoms. The van der Waals surface area contributed by atoms with Gasteiger partial charge in [-0.2, -0.15) is 0 Å². The van der Waals surface area contributed by atoms with Crippen LogP contribution in [0.2, 0.25) is 5.02 Å². The molecule has 0 amide bonds. The summed E-state index contributed by atoms with van der Waals surface area (Å²) in [4.78, 5) is 0. The molecule has 1 aromatic carbocycles. The van der Waals surface area contributed by atoms with Crippen LogP contribution in [0.25, 0.3) is 0 Å². The maximum atomic E-state index is 6.44. The van der Waals surface area contributed by atoms with Crippen LogP contribution in [0.3, 0.4) is 0 Å². The Balaban J connectivity index is 2.02. The van der Waals surface area contributed by atoms with Crippen molar-refractivity contribution >= 4 is 11.6 Å². The number of hydrogen-bond donors (Lipinski definition) is 1. The molecule has 0 unspecified atom stereocenters. The number of piperidine rings is 1. The lowest BCUT2D eigenvalue weighted by Gasteiger charge is -2.28. The fourth-order valence-electron chi connectivity index (χ4n) is 2.94. The van der Waals surface area contributed by atoms with Crippen molar-refractivity contribution in [2.24, 2.45) is 0 Å². The number of ether oxygens (including phenoxy) is 2. The Hall–Kier alpha value is -0.930. The molecular formula is C14H18ClNO2. The largest absolute Gasteiger partial charge is 0.486 e. The summed E-state index contributed by atoms with van der Waals surface area (Å²) in [5.41, 5.74) is 2.41. The molecule has 2 aliphatic rings. The third-order valence-electron chi connectivity index (χ3n) is 3.82. The van der Waals surface area contributed by atoms with Gasteiger partial charge in [-0.15, -0.1) is 0 Å². The molecule has 3 rings (SSSR count). The Morgan fingerprint density at radius 2 is 1.94 bits per heavy atom. The summed E-state index contributed by atoms with van der Waals surface area (Å²) in [6, 6.07) is 1.92. The highest BCUT2D eigenvalue weighted by Crippen LogP contribution is 2.44. The Morgan fingerprint density at radius 3 is 2.72 bits per heavy atom. The number of fused-ring (bicyclic) bond motifs is 1. The highest BCUT2D eigenvalue weighted by Gasteiger charge is 2.25. The molecule has 98 valence electrons. The number of nitrogens with one attached hydrogen (secondary N) is 1. The number of rotatable bonds is 1. The first-order valence-electron chi connectivity index (χ1n) is 6.56. The minimum absolute atomic E-state index is 0.537. The van der Waals surface area contributed by atoms with Gasteiger partial charge in [0.15, 0.2) is 11.5 Å². The van der Waals surface area contributed by atoms with E-state index in [0.29, 0.717) is 19.1 Å². The normalized spacial score (nSPS) is 19.9. The first-order valence-corrected chi connectivity index (χ1v) is 6.94. The van der Waals surface area contributed by atoms with E-state index in [1.165, 1.54) is 5.56 Å². The number of halogens is 1. The fourth-order valence-corrected chi connectivity index (χ4v) is 3.33. The van der Waals surface area contributed by atoms with E-state index in [2.05, 4.69) is 12.2 Å². The molecule has 0 saturated carbocycles. The molecule has 2 heterocycles. The molecule has 3 nitrogen and oxygen atoms in total. The lowest BCUT2D eigenvalue weighted by molar-refractivity contribution is 0.170. The van der Waals surface area contributed by atoms with Crippen LogP contribution in [0.4, 0.5) is 0 Å². The van der Waals surface area contributed by atoms with Crippen LogP contribution in [0.1, 0.15) is 29.9 Å². The van der Waals surface area contributed by atoms with Gasteiger partial charge < -0.3 is 14.8 Å². The van der Waals surface area contributed by atoms with Crippen molar-refractivity contribution in [3.63, 3.8) is 0 Å². The van der Waals surface area contributed by atoms with Gasteiger partial charge in [-0.3, -0.25) is 0 Å². The maximum absolute atomic E-state index is 6.44. The summed E-state index contributed by atoms with van der Waals surface area (Å²) in [7, 11) is 0. The van der Waals surface area contributed by atoms with Crippen molar-refractivity contribution in [1.82, 2.24) is 5.32 Å². The van der Waals surface area contributed by atoms with Gasteiger partial charge >= 0.3 is 0 Å². The van der Waals surface area contributed by atoms with Crippen molar-refractivity contribution < 1.29 is 9.47 Å². The number of benzene rings is 1. The molecule has 1 fully saturated rings. The second-order valence-corrected chi connectivity index (χ2v) is 5.35. The third kappa shape index (κ3) is 2.06. The van der Waals surface area contributed by atoms with Gasteiger partial charge in [-0.05, 0) is 49.9 Å². The SMILES string of the molecule is Cc1c2c(cc(Cl)c1C1CCNCC1)OCCO2. The topological polar surface area (TPSA) is 30.5 Å². The van der Waals surface area contributed by atoms with E-state index >= 15 is 0 Å². The molecule has 0 radical (unpaired) electrons. The van der Waals surface area contributed by atoms with Crippen LogP contribution in [0.15, 0.2) is 6.07 Å². The fraction of sp³-hybridized carbons (Fsp3) is 0.571. The van der Waals surface area contributed by atoms with Crippen LogP contribution in [0, 0.1) is 6.92 Å². The first kappa shape index (κ1) is 12.1. The minimum atomic E-state index is 0.537. The molecule has 1 aromatic rings. The van der Waals surface area contributed by atoms with Gasteiger partial charge in [0.25, 0.3) is 0 Å². The smallest absolute Gasteiger partial charge is 0.164 e. The Labute approximate surface area is 112 Å². The Kier molecular flexibility index (Phi) is 3.35. The molecule has 2 aliphatic heterocycles. The quantitative estimate of drug-likeness (QED) is 0.849. The second kappa shape index (κ2) is 4.98. The zero-order valence-corrected chi connectivity index (χ0v) is 11.3. The summed E-state index contributed by atoms with van der Waals surface area (Å²) in [5, 5.41) is 4.21. The van der Waals surface area contributed by atoms with Gasteiger partial charge in [0.05, 0.1) is 0 Å². The standard InChI is InChI=1S/C14H18ClNO2/c1-9-13(10-2-4-16-5-3-10)11(15)8-12-14(9)18-7-6-17-12/h8,10,16H,2-7H2,1H3. The Bertz CT molecular complexity index is 456. The first-order chi connectivity index (χ1) is 8.77. The van der Waals surface area contributed by atoms with Crippen LogP contribution >= 0.6 is 11.6 Å². The lowest BCUT2D eigenvalue weighted by atomic mass is 9.87. The van der Waals surface area contributed by atoms with E-state index in [9.17, 15) is 0 Å². The molecule has 0 atom stereocenters. The molecule has 0 aliphatic carbocycles. The Morgan fingerprint density at radius 1 is 1.22 bits per heavy atom. The highest BCUT2D eigenvalue weighted by molar-refractivity contribution is 6.31. The predicted octanol–water partition coefficient (Wildman–Crippen LogP) is 2.89. The van der Waals surface area contributed by atoms with Crippen molar-refractivity contribution in [2.75, 3.05) is 26.3 Å². The van der Waals surface area contributed by atoms with E-state index in [1.54, 1.807) is 0 Å². The summed E-state index contributed by atoms with van der Waals surface area (Å²) in [5.74, 6) is 2.22. The van der Waals surface area contributed by atoms with Gasteiger partial charge in [0.1, 0.15) is 13.2 Å². The zero-order chi connectivity index (χ0) is 12.5. The average Bonchev–Trinajstić information content (AvgIpc) is 2.40. The summed E-state index contributed by atoms with van der Waals surface area (Å²) >= 11 is 6.44. The predicted molar refractivity (Wildman–Crippen MR) is 72.0 cm³/mol. The highest BCUT2D eigenvalue weighted by atomic mass is 35.5. The molecule has 0 aromatic heterocycles. The third-order valence-corrected chi connectivity index (χ3v) is 4.13. The monoisotopic (exact) mass is 267 g/mol. The van der Waals surface area contributed by atoms with E-state index in [4.69, 9.17) is 21.1 Å². The van der Waals surface area contributed by atoms with Crippen molar-refractivity contribution in [1.29, 1.82) is 0 Å². The van der Waals surface area contributed by atoms with Crippen LogP contribution in [0.5, 0.6) is 11.5 Å². The van der Waals surface area contributed by atoms with Gasteiger partial charge in [0, 0.05) is 11.1 Å². The molecule has 1 N–H and O–H groups in total. The van der Waals surface area contributed by atoms with E-state index in [-0.39, 0.29) is 0 Å². The van der Waals surface area contributed by atoms with Crippen LogP contribution < -0.4 is 14.8 Å². The molecule has 0 spiro atoms. The van der Waals surface area contributed by atoms with Gasteiger partial charge in [0.2, 0.25) is 0 Å². The van der Waals surface area contributed by atoms with Crippen molar-refractivity contribution in [3.8, 4) is 11.5 Å². The van der Waals surface area contributed by atoms with Crippen molar-refractivity contribution in [3.05, 3.63) is 22.2 Å². The maximum Gasteiger partial charge on any atom is 0.164 e. The summed E-state index contributed by atoms with van der Waals surface area (Å²) < 4.78 is 11.3. The number of hydrogen-bond acceptors (Lipinski definition) is 3. The average molecular weight is 268 g/mol. The van der Waals surface area contributed by atoms with E-state index in [0.717, 1.165) is 48.0 Å². The minimum Gasteiger partial charge on any atom is -0.486 e. The molecule has 0 bridgehead atoms. The van der Waals surface area contributed by atoms with Gasteiger partial charge in [-0.1, -0.05) is 11.6 Å². The zero-order valence-electron chi connectivity index (χ0n) is 10.6. The lowest BCUT2D eigenvalue weighted by Crippen LogP contribution is -2.27. The van der Waals surface area contributed by atoms with E-state index < -0.39 is 0 Å².